The summed E-state index contributed by atoms with van der Waals surface area (Å²) >= 11 is 6.30. The van der Waals surface area contributed by atoms with Crippen LogP contribution in [-0.4, -0.2) is 41.8 Å². The fourth-order valence-electron chi connectivity index (χ4n) is 5.01. The van der Waals surface area contributed by atoms with Crippen LogP contribution >= 0.6 is 11.6 Å². The lowest BCUT2D eigenvalue weighted by atomic mass is 9.98. The molecular weight excluding hydrogens is 556 g/mol. The summed E-state index contributed by atoms with van der Waals surface area (Å²) in [6.45, 7) is 1.88. The van der Waals surface area contributed by atoms with Gasteiger partial charge in [0.25, 0.3) is 5.91 Å². The number of hydrogen-bond donors (Lipinski definition) is 3. The number of amides is 2. The van der Waals surface area contributed by atoms with Gasteiger partial charge in [-0.05, 0) is 52.9 Å². The maximum absolute atomic E-state index is 13.0. The first kappa shape index (κ1) is 28.9. The van der Waals surface area contributed by atoms with Gasteiger partial charge < -0.3 is 19.9 Å². The number of carbonyl (C=O) groups is 3. The second-order valence-electron chi connectivity index (χ2n) is 9.94. The normalized spacial score (nSPS) is 13.4. The molecule has 0 bridgehead atoms. The molecule has 42 heavy (non-hydrogen) atoms. The van der Waals surface area contributed by atoms with Gasteiger partial charge in [-0.1, -0.05) is 90.5 Å². The summed E-state index contributed by atoms with van der Waals surface area (Å²) in [5.74, 6) is -2.02. The third-order valence-corrected chi connectivity index (χ3v) is 7.52. The largest absolute Gasteiger partial charge is 0.480 e. The highest BCUT2D eigenvalue weighted by Gasteiger charge is 2.30. The molecule has 0 aromatic heterocycles. The Kier molecular flexibility index (Phi) is 8.85. The molecule has 4 aromatic rings. The number of rotatable bonds is 10. The quantitative estimate of drug-likeness (QED) is 0.196. The number of benzene rings is 4. The van der Waals surface area contributed by atoms with E-state index in [9.17, 15) is 19.5 Å². The zero-order valence-corrected chi connectivity index (χ0v) is 23.5. The number of carboxylic acid groups (broad SMARTS) is 1. The monoisotopic (exact) mass is 584 g/mol. The standard InChI is InChI=1S/C33H29ClN2O6/c1-20(41-18-21-9-3-2-4-10-21)30(32(38)39)36-31(37)22-15-16-28(34)29(17-22)35-33(40)42-19-27-25-13-7-5-11-23(25)24-12-6-8-14-26(24)27/h2-17,20,27,30H,18-19H2,1H3,(H,35,40)(H,36,37)(H,38,39)/t20-,30+/m1/s1. The van der Waals surface area contributed by atoms with Crippen LogP contribution < -0.4 is 10.6 Å². The molecule has 2 amide bonds. The first-order valence-corrected chi connectivity index (χ1v) is 13.8. The molecule has 214 valence electrons. The van der Waals surface area contributed by atoms with Crippen molar-refractivity contribution < 1.29 is 29.0 Å². The van der Waals surface area contributed by atoms with E-state index in [1.165, 1.54) is 18.2 Å². The minimum Gasteiger partial charge on any atom is -0.480 e. The Morgan fingerprint density at radius 3 is 2.14 bits per heavy atom. The van der Waals surface area contributed by atoms with Gasteiger partial charge in [0.15, 0.2) is 6.04 Å². The summed E-state index contributed by atoms with van der Waals surface area (Å²) < 4.78 is 11.3. The molecule has 8 nitrogen and oxygen atoms in total. The molecule has 0 fully saturated rings. The van der Waals surface area contributed by atoms with Crippen LogP contribution in [0, 0.1) is 0 Å². The molecule has 0 radical (unpaired) electrons. The second kappa shape index (κ2) is 12.9. The first-order chi connectivity index (χ1) is 20.3. The van der Waals surface area contributed by atoms with Gasteiger partial charge in [0.2, 0.25) is 0 Å². The molecule has 1 aliphatic carbocycles. The number of fused-ring (bicyclic) bond motifs is 3. The molecule has 0 saturated heterocycles. The molecule has 0 heterocycles. The molecule has 0 spiro atoms. The van der Waals surface area contributed by atoms with Crippen molar-refractivity contribution in [3.8, 4) is 11.1 Å². The Morgan fingerprint density at radius 1 is 0.881 bits per heavy atom. The van der Waals surface area contributed by atoms with E-state index in [1.807, 2.05) is 66.7 Å². The molecule has 9 heteroatoms. The van der Waals surface area contributed by atoms with Gasteiger partial charge in [-0.2, -0.15) is 0 Å². The second-order valence-corrected chi connectivity index (χ2v) is 10.3. The first-order valence-electron chi connectivity index (χ1n) is 13.4. The zero-order chi connectivity index (χ0) is 29.6. The maximum Gasteiger partial charge on any atom is 0.411 e. The average Bonchev–Trinajstić information content (AvgIpc) is 3.32. The lowest BCUT2D eigenvalue weighted by Crippen LogP contribution is -2.48. The van der Waals surface area contributed by atoms with Crippen LogP contribution in [0.2, 0.25) is 5.02 Å². The SMILES string of the molecule is C[C@@H](OCc1ccccc1)[C@H](NC(=O)c1ccc(Cl)c(NC(=O)OCC2c3ccccc3-c3ccccc32)c1)C(=O)O. The van der Waals surface area contributed by atoms with Crippen molar-refractivity contribution in [2.75, 3.05) is 11.9 Å². The highest BCUT2D eigenvalue weighted by Crippen LogP contribution is 2.44. The maximum atomic E-state index is 13.0. The van der Waals surface area contributed by atoms with Crippen molar-refractivity contribution in [1.82, 2.24) is 5.32 Å². The minimum atomic E-state index is -1.31. The molecular formula is C33H29ClN2O6. The molecule has 3 N–H and O–H groups in total. The molecule has 5 rings (SSSR count). The van der Waals surface area contributed by atoms with Gasteiger partial charge >= 0.3 is 12.1 Å². The number of hydrogen-bond acceptors (Lipinski definition) is 5. The smallest absolute Gasteiger partial charge is 0.411 e. The number of ether oxygens (including phenoxy) is 2. The van der Waals surface area contributed by atoms with Crippen molar-refractivity contribution >= 4 is 35.3 Å². The third-order valence-electron chi connectivity index (χ3n) is 7.19. The molecule has 4 aromatic carbocycles. The lowest BCUT2D eigenvalue weighted by Gasteiger charge is -2.22. The van der Waals surface area contributed by atoms with E-state index in [1.54, 1.807) is 6.92 Å². The van der Waals surface area contributed by atoms with Crippen LogP contribution in [0.5, 0.6) is 0 Å². The van der Waals surface area contributed by atoms with Crippen LogP contribution in [0.3, 0.4) is 0 Å². The Labute approximate surface area is 248 Å². The van der Waals surface area contributed by atoms with E-state index in [-0.39, 0.29) is 35.4 Å². The minimum absolute atomic E-state index is 0.106. The van der Waals surface area contributed by atoms with E-state index in [0.29, 0.717) is 0 Å². The van der Waals surface area contributed by atoms with Crippen LogP contribution in [0.15, 0.2) is 97.1 Å². The average molecular weight is 585 g/mol. The zero-order valence-electron chi connectivity index (χ0n) is 22.8. The predicted molar refractivity (Wildman–Crippen MR) is 160 cm³/mol. The Hall–Kier alpha value is -4.66. The van der Waals surface area contributed by atoms with Crippen LogP contribution in [0.4, 0.5) is 10.5 Å². The van der Waals surface area contributed by atoms with Crippen LogP contribution in [0.1, 0.15) is 39.9 Å². The number of halogens is 1. The van der Waals surface area contributed by atoms with Crippen molar-refractivity contribution in [3.63, 3.8) is 0 Å². The number of aliphatic carboxylic acids is 1. The van der Waals surface area contributed by atoms with Gasteiger partial charge in [-0.25, -0.2) is 9.59 Å². The number of anilines is 1. The van der Waals surface area contributed by atoms with E-state index in [0.717, 1.165) is 27.8 Å². The van der Waals surface area contributed by atoms with Gasteiger partial charge in [0.1, 0.15) is 6.61 Å². The Bertz CT molecular complexity index is 1560. The summed E-state index contributed by atoms with van der Waals surface area (Å²) in [4.78, 5) is 37.7. The third kappa shape index (κ3) is 6.46. The van der Waals surface area contributed by atoms with E-state index >= 15 is 0 Å². The Morgan fingerprint density at radius 2 is 1.50 bits per heavy atom. The van der Waals surface area contributed by atoms with Gasteiger partial charge in [0, 0.05) is 11.5 Å². The summed E-state index contributed by atoms with van der Waals surface area (Å²) in [5, 5.41) is 15.0. The summed E-state index contributed by atoms with van der Waals surface area (Å²) in [6, 6.07) is 28.3. The van der Waals surface area contributed by atoms with Gasteiger partial charge in [-0.15, -0.1) is 0 Å². The van der Waals surface area contributed by atoms with Crippen molar-refractivity contribution in [2.24, 2.45) is 0 Å². The highest BCUT2D eigenvalue weighted by atomic mass is 35.5. The predicted octanol–water partition coefficient (Wildman–Crippen LogP) is 6.49. The van der Waals surface area contributed by atoms with Crippen LogP contribution in [-0.2, 0) is 20.9 Å². The molecule has 0 unspecified atom stereocenters. The topological polar surface area (TPSA) is 114 Å². The fourth-order valence-corrected chi connectivity index (χ4v) is 5.17. The van der Waals surface area contributed by atoms with Crippen molar-refractivity contribution in [3.05, 3.63) is 124 Å². The Balaban J connectivity index is 1.22. The van der Waals surface area contributed by atoms with E-state index in [4.69, 9.17) is 21.1 Å². The van der Waals surface area contributed by atoms with Gasteiger partial charge in [0.05, 0.1) is 23.4 Å². The lowest BCUT2D eigenvalue weighted by molar-refractivity contribution is -0.143. The number of nitrogens with one attached hydrogen (secondary N) is 2. The number of carboxylic acids is 1. The summed E-state index contributed by atoms with van der Waals surface area (Å²) in [7, 11) is 0. The van der Waals surface area contributed by atoms with Gasteiger partial charge in [-0.3, -0.25) is 10.1 Å². The van der Waals surface area contributed by atoms with Crippen molar-refractivity contribution in [2.45, 2.75) is 31.6 Å². The fraction of sp³-hybridized carbons (Fsp3) is 0.182. The highest BCUT2D eigenvalue weighted by molar-refractivity contribution is 6.33. The number of carbonyl (C=O) groups excluding carboxylic acids is 2. The van der Waals surface area contributed by atoms with E-state index in [2.05, 4.69) is 22.8 Å². The molecule has 0 saturated carbocycles. The van der Waals surface area contributed by atoms with Crippen molar-refractivity contribution in [1.29, 1.82) is 0 Å². The summed E-state index contributed by atoms with van der Waals surface area (Å²) in [6.07, 6.45) is -1.56. The molecule has 1 aliphatic rings. The van der Waals surface area contributed by atoms with Crippen LogP contribution in [0.25, 0.3) is 11.1 Å². The molecule has 0 aliphatic heterocycles. The summed E-state index contributed by atoms with van der Waals surface area (Å²) in [5.41, 5.74) is 5.53. The molecule has 2 atom stereocenters. The van der Waals surface area contributed by atoms with E-state index < -0.39 is 30.1 Å².